The predicted octanol–water partition coefficient (Wildman–Crippen LogP) is 4.19. The van der Waals surface area contributed by atoms with Crippen molar-refractivity contribution in [1.82, 2.24) is 15.6 Å². The van der Waals surface area contributed by atoms with Gasteiger partial charge in [0.25, 0.3) is 0 Å². The zero-order valence-electron chi connectivity index (χ0n) is 19.1. The number of aromatic carboxylic acids is 1. The summed E-state index contributed by atoms with van der Waals surface area (Å²) in [6, 6.07) is 16.0. The van der Waals surface area contributed by atoms with Crippen molar-refractivity contribution >= 4 is 29.3 Å². The average molecular weight is 492 g/mol. The molecule has 2 aromatic carbocycles. The van der Waals surface area contributed by atoms with Gasteiger partial charge in [-0.1, -0.05) is 48.5 Å². The Hall–Kier alpha value is -3.72. The highest BCUT2D eigenvalue weighted by Crippen LogP contribution is 2.44. The van der Waals surface area contributed by atoms with E-state index >= 15 is 0 Å². The lowest BCUT2D eigenvalue weighted by molar-refractivity contribution is -0.123. The number of hydrogen-bond acceptors (Lipinski definition) is 6. The lowest BCUT2D eigenvalue weighted by Crippen LogP contribution is -2.31. The summed E-state index contributed by atoms with van der Waals surface area (Å²) < 4.78 is 5.55. The zero-order valence-corrected chi connectivity index (χ0v) is 19.9. The standard InChI is InChI=1S/C26H25N3O5S/c1-14(24-29-22(13-35-24)25(31)32)28-23(30)20-10-15(20)11-27-26(33)34-12-21-18-8-4-2-6-16(18)17-7-3-5-9-19(17)21/h2-9,13-15,20-21H,10-12H2,1H3,(H,27,33)(H,28,30)(H,31,32)/t14?,15-,20-/m1/s1. The molecule has 0 bridgehead atoms. The molecule has 0 saturated heterocycles. The number of ether oxygens (including phenoxy) is 1. The minimum absolute atomic E-state index is 0.00147. The number of carbonyl (C=O) groups is 3. The molecular formula is C26H25N3O5S. The third kappa shape index (κ3) is 4.77. The molecule has 1 heterocycles. The molecule has 3 atom stereocenters. The monoisotopic (exact) mass is 491 g/mol. The maximum Gasteiger partial charge on any atom is 0.407 e. The Balaban J connectivity index is 1.08. The summed E-state index contributed by atoms with van der Waals surface area (Å²) in [5.74, 6) is -1.35. The first-order chi connectivity index (χ1) is 16.9. The van der Waals surface area contributed by atoms with Crippen LogP contribution in [0.2, 0.25) is 0 Å². The van der Waals surface area contributed by atoms with Crippen molar-refractivity contribution < 1.29 is 24.2 Å². The number of carboxylic acid groups (broad SMARTS) is 1. The van der Waals surface area contributed by atoms with E-state index < -0.39 is 12.1 Å². The van der Waals surface area contributed by atoms with Gasteiger partial charge in [-0.2, -0.15) is 0 Å². The summed E-state index contributed by atoms with van der Waals surface area (Å²) in [6.07, 6.45) is 0.191. The van der Waals surface area contributed by atoms with Crippen molar-refractivity contribution in [3.05, 3.63) is 75.7 Å². The molecular weight excluding hydrogens is 466 g/mol. The first-order valence-corrected chi connectivity index (χ1v) is 12.4. The van der Waals surface area contributed by atoms with Gasteiger partial charge in [-0.25, -0.2) is 14.6 Å². The molecule has 2 aliphatic carbocycles. The number of benzene rings is 2. The molecule has 8 nitrogen and oxygen atoms in total. The van der Waals surface area contributed by atoms with Gasteiger partial charge < -0.3 is 20.5 Å². The molecule has 0 aliphatic heterocycles. The summed E-state index contributed by atoms with van der Waals surface area (Å²) in [5, 5.41) is 16.7. The van der Waals surface area contributed by atoms with Gasteiger partial charge in [-0.05, 0) is 41.5 Å². The summed E-state index contributed by atoms with van der Waals surface area (Å²) >= 11 is 1.20. The molecule has 1 saturated carbocycles. The molecule has 3 N–H and O–H groups in total. The fourth-order valence-corrected chi connectivity index (χ4v) is 5.43. The Labute approximate surface area is 206 Å². The second-order valence-electron chi connectivity index (χ2n) is 8.92. The molecule has 35 heavy (non-hydrogen) atoms. The van der Waals surface area contributed by atoms with Crippen LogP contribution in [0.5, 0.6) is 0 Å². The number of amides is 2. The third-order valence-corrected chi connectivity index (χ3v) is 7.61. The number of carbonyl (C=O) groups excluding carboxylic acids is 2. The van der Waals surface area contributed by atoms with E-state index in [1.165, 1.54) is 27.8 Å². The number of carboxylic acids is 1. The normalized spacial score (nSPS) is 18.8. The zero-order chi connectivity index (χ0) is 24.5. The van der Waals surface area contributed by atoms with Crippen molar-refractivity contribution in [3.63, 3.8) is 0 Å². The second-order valence-corrected chi connectivity index (χ2v) is 9.80. The fourth-order valence-electron chi connectivity index (χ4n) is 4.63. The van der Waals surface area contributed by atoms with Crippen LogP contribution in [0.3, 0.4) is 0 Å². The van der Waals surface area contributed by atoms with Crippen molar-refractivity contribution in [3.8, 4) is 11.1 Å². The van der Waals surface area contributed by atoms with Crippen molar-refractivity contribution in [2.24, 2.45) is 11.8 Å². The SMILES string of the molecule is CC(NC(=O)[C@@H]1C[C@@H]1CNC(=O)OCC1c2ccccc2-c2ccccc21)c1nc(C(=O)O)cs1. The number of fused-ring (bicyclic) bond motifs is 3. The van der Waals surface area contributed by atoms with Crippen LogP contribution in [0.4, 0.5) is 4.79 Å². The van der Waals surface area contributed by atoms with Gasteiger partial charge in [0.15, 0.2) is 5.69 Å². The molecule has 1 aromatic heterocycles. The molecule has 180 valence electrons. The molecule has 9 heteroatoms. The van der Waals surface area contributed by atoms with Gasteiger partial charge in [0.1, 0.15) is 11.6 Å². The quantitative estimate of drug-likeness (QED) is 0.435. The average Bonchev–Trinajstić information content (AvgIpc) is 3.33. The van der Waals surface area contributed by atoms with E-state index in [0.29, 0.717) is 18.0 Å². The van der Waals surface area contributed by atoms with Crippen molar-refractivity contribution in [2.75, 3.05) is 13.2 Å². The van der Waals surface area contributed by atoms with E-state index in [1.807, 2.05) is 24.3 Å². The minimum atomic E-state index is -1.09. The number of nitrogens with one attached hydrogen (secondary N) is 2. The second kappa shape index (κ2) is 9.50. The van der Waals surface area contributed by atoms with Crippen LogP contribution >= 0.6 is 11.3 Å². The topological polar surface area (TPSA) is 118 Å². The van der Waals surface area contributed by atoms with E-state index in [0.717, 1.165) is 11.1 Å². The molecule has 0 radical (unpaired) electrons. The molecule has 2 aliphatic rings. The molecule has 0 spiro atoms. The number of hydrogen-bond donors (Lipinski definition) is 3. The van der Waals surface area contributed by atoms with E-state index in [1.54, 1.807) is 6.92 Å². The Bertz CT molecular complexity index is 1240. The Morgan fingerprint density at radius 1 is 1.11 bits per heavy atom. The van der Waals surface area contributed by atoms with Crippen LogP contribution in [0, 0.1) is 11.8 Å². The summed E-state index contributed by atoms with van der Waals surface area (Å²) in [6.45, 7) is 2.39. The molecule has 1 fully saturated rings. The number of nitrogens with zero attached hydrogens (tertiary/aromatic N) is 1. The highest BCUT2D eigenvalue weighted by Gasteiger charge is 2.43. The van der Waals surface area contributed by atoms with E-state index in [-0.39, 0.29) is 42.0 Å². The largest absolute Gasteiger partial charge is 0.476 e. The third-order valence-electron chi connectivity index (χ3n) is 6.58. The van der Waals surface area contributed by atoms with Crippen LogP contribution in [0.25, 0.3) is 11.1 Å². The Morgan fingerprint density at radius 2 is 1.77 bits per heavy atom. The summed E-state index contributed by atoms with van der Waals surface area (Å²) in [7, 11) is 0. The van der Waals surface area contributed by atoms with Crippen molar-refractivity contribution in [2.45, 2.75) is 25.3 Å². The first kappa shape index (κ1) is 23.0. The van der Waals surface area contributed by atoms with Crippen LogP contribution in [-0.4, -0.2) is 41.2 Å². The van der Waals surface area contributed by atoms with E-state index in [2.05, 4.69) is 39.9 Å². The van der Waals surface area contributed by atoms with Gasteiger partial charge in [0.2, 0.25) is 5.91 Å². The lowest BCUT2D eigenvalue weighted by atomic mass is 9.98. The minimum Gasteiger partial charge on any atom is -0.476 e. The van der Waals surface area contributed by atoms with Crippen LogP contribution in [0.1, 0.15) is 51.9 Å². The van der Waals surface area contributed by atoms with Crippen LogP contribution < -0.4 is 10.6 Å². The van der Waals surface area contributed by atoms with Gasteiger partial charge >= 0.3 is 12.1 Å². The Morgan fingerprint density at radius 3 is 2.40 bits per heavy atom. The van der Waals surface area contributed by atoms with Gasteiger partial charge in [0.05, 0.1) is 6.04 Å². The first-order valence-electron chi connectivity index (χ1n) is 11.5. The lowest BCUT2D eigenvalue weighted by Gasteiger charge is -2.14. The van der Waals surface area contributed by atoms with E-state index in [9.17, 15) is 14.4 Å². The summed E-state index contributed by atoms with van der Waals surface area (Å²) in [4.78, 5) is 39.9. The maximum absolute atomic E-state index is 12.5. The van der Waals surface area contributed by atoms with Crippen molar-refractivity contribution in [1.29, 1.82) is 0 Å². The predicted molar refractivity (Wildman–Crippen MR) is 130 cm³/mol. The van der Waals surface area contributed by atoms with E-state index in [4.69, 9.17) is 9.84 Å². The smallest absolute Gasteiger partial charge is 0.407 e. The Kier molecular flexibility index (Phi) is 6.25. The number of rotatable bonds is 8. The molecule has 1 unspecified atom stereocenters. The van der Waals surface area contributed by atoms with Gasteiger partial charge in [0, 0.05) is 23.8 Å². The fraction of sp³-hybridized carbons (Fsp3) is 0.308. The summed E-state index contributed by atoms with van der Waals surface area (Å²) in [5.41, 5.74) is 4.64. The molecule has 3 aromatic rings. The number of thiazole rings is 1. The maximum atomic E-state index is 12.5. The highest BCUT2D eigenvalue weighted by atomic mass is 32.1. The van der Waals surface area contributed by atoms with Crippen LogP contribution in [-0.2, 0) is 9.53 Å². The highest BCUT2D eigenvalue weighted by molar-refractivity contribution is 7.09. The van der Waals surface area contributed by atoms with Gasteiger partial charge in [-0.3, -0.25) is 4.79 Å². The van der Waals surface area contributed by atoms with Gasteiger partial charge in [-0.15, -0.1) is 11.3 Å². The number of alkyl carbamates (subject to hydrolysis) is 1. The number of aromatic nitrogens is 1. The van der Waals surface area contributed by atoms with Crippen LogP contribution in [0.15, 0.2) is 53.9 Å². The molecule has 5 rings (SSSR count). The molecule has 2 amide bonds.